The molecule has 4 aromatic rings. The number of carbonyl (C=O) groups is 1. The Bertz CT molecular complexity index is 1570. The van der Waals surface area contributed by atoms with Gasteiger partial charge < -0.3 is 35.8 Å². The van der Waals surface area contributed by atoms with Crippen LogP contribution in [0.3, 0.4) is 0 Å². The molecule has 1 amide bonds. The highest BCUT2D eigenvalue weighted by molar-refractivity contribution is 5.83. The fourth-order valence-corrected chi connectivity index (χ4v) is 6.33. The molecular weight excluding hydrogens is 498 g/mol. The van der Waals surface area contributed by atoms with Gasteiger partial charge in [0.2, 0.25) is 11.9 Å². The number of fused-ring (bicyclic) bond motifs is 2. The van der Waals surface area contributed by atoms with Gasteiger partial charge >= 0.3 is 0 Å². The predicted molar refractivity (Wildman–Crippen MR) is 147 cm³/mol. The maximum atomic E-state index is 13.0. The molecule has 6 N–H and O–H groups in total. The van der Waals surface area contributed by atoms with Crippen LogP contribution in [0.25, 0.3) is 22.2 Å². The van der Waals surface area contributed by atoms with Gasteiger partial charge in [0.15, 0.2) is 11.5 Å². The molecule has 2 saturated heterocycles. The zero-order valence-corrected chi connectivity index (χ0v) is 22.6. The topological polar surface area (TPSA) is 174 Å². The second-order valence-corrected chi connectivity index (χ2v) is 11.4. The summed E-state index contributed by atoms with van der Waals surface area (Å²) in [6.07, 6.45) is 4.32. The van der Waals surface area contributed by atoms with E-state index in [1.54, 1.807) is 10.9 Å². The van der Waals surface area contributed by atoms with Crippen LogP contribution >= 0.6 is 0 Å². The summed E-state index contributed by atoms with van der Waals surface area (Å²) in [5, 5.41) is 11.6. The Morgan fingerprint density at radius 3 is 2.69 bits per heavy atom. The second kappa shape index (κ2) is 9.16. The van der Waals surface area contributed by atoms with Crippen molar-refractivity contribution in [2.75, 3.05) is 31.2 Å². The SMILES string of the molecule is Cc1cc(C)c2nc(CCC(=O)N3CCC4(CC3)C[C@@](C)(O)[C@H](n3cnc5c(N)nc(N)nc53)CO4)[nH]c2c1. The number of rotatable bonds is 4. The summed E-state index contributed by atoms with van der Waals surface area (Å²) in [6, 6.07) is 3.78. The molecular formula is C27H35N9O3. The number of aliphatic hydroxyl groups is 1. The number of ether oxygens (including phenoxy) is 1. The first kappa shape index (κ1) is 25.5. The number of hydrogen-bond acceptors (Lipinski definition) is 9. The number of nitrogens with one attached hydrogen (secondary N) is 1. The first-order chi connectivity index (χ1) is 18.5. The highest BCUT2D eigenvalue weighted by atomic mass is 16.5. The summed E-state index contributed by atoms with van der Waals surface area (Å²) in [4.78, 5) is 35.6. The van der Waals surface area contributed by atoms with Crippen LogP contribution in [-0.2, 0) is 16.0 Å². The normalized spacial score (nSPS) is 23.2. The number of nitrogens with zero attached hydrogens (tertiary/aromatic N) is 6. The lowest BCUT2D eigenvalue weighted by atomic mass is 9.75. The Balaban J connectivity index is 1.08. The molecule has 0 unspecified atom stereocenters. The van der Waals surface area contributed by atoms with Crippen LogP contribution in [0.15, 0.2) is 18.5 Å². The standard InChI is InChI=1S/C27H35N9O3/c1-15-10-16(2)21-17(11-15)31-19(32-21)4-5-20(37)35-8-6-27(7-9-35)13-26(3,38)18(12-39-27)36-14-30-22-23(28)33-25(29)34-24(22)36/h10-11,14,18,38H,4-9,12-13H2,1-3H3,(H,31,32)(H4,28,29,33,34)/t18-,26-/m1/s1. The number of aromatic amines is 1. The monoisotopic (exact) mass is 533 g/mol. The first-order valence-electron chi connectivity index (χ1n) is 13.4. The number of benzene rings is 1. The maximum absolute atomic E-state index is 13.0. The summed E-state index contributed by atoms with van der Waals surface area (Å²) >= 11 is 0. The third-order valence-corrected chi connectivity index (χ3v) is 8.32. The van der Waals surface area contributed by atoms with Crippen molar-refractivity contribution in [1.29, 1.82) is 0 Å². The molecule has 206 valence electrons. The Morgan fingerprint density at radius 1 is 1.18 bits per heavy atom. The van der Waals surface area contributed by atoms with Gasteiger partial charge in [-0.3, -0.25) is 4.79 Å². The quantitative estimate of drug-likeness (QED) is 0.306. The number of likely N-dealkylation sites (tertiary alicyclic amines) is 1. The highest BCUT2D eigenvalue weighted by Crippen LogP contribution is 2.44. The van der Waals surface area contributed by atoms with Gasteiger partial charge in [0.05, 0.1) is 41.2 Å². The van der Waals surface area contributed by atoms with E-state index in [0.29, 0.717) is 56.4 Å². The third kappa shape index (κ3) is 4.57. The molecule has 0 radical (unpaired) electrons. The molecule has 3 aromatic heterocycles. The van der Waals surface area contributed by atoms with Crippen molar-refractivity contribution in [3.05, 3.63) is 35.4 Å². The van der Waals surface area contributed by atoms with Crippen LogP contribution in [0.1, 0.15) is 55.6 Å². The number of piperidine rings is 1. The predicted octanol–water partition coefficient (Wildman–Crippen LogP) is 2.19. The second-order valence-electron chi connectivity index (χ2n) is 11.4. The van der Waals surface area contributed by atoms with Gasteiger partial charge in [-0.1, -0.05) is 6.07 Å². The average molecular weight is 534 g/mol. The number of nitrogens with two attached hydrogens (primary N) is 2. The molecule has 2 fully saturated rings. The van der Waals surface area contributed by atoms with Crippen LogP contribution in [0, 0.1) is 13.8 Å². The molecule has 1 aromatic carbocycles. The summed E-state index contributed by atoms with van der Waals surface area (Å²) in [5.41, 5.74) is 15.4. The fourth-order valence-electron chi connectivity index (χ4n) is 6.33. The lowest BCUT2D eigenvalue weighted by Crippen LogP contribution is -2.58. The van der Waals surface area contributed by atoms with Gasteiger partial charge in [-0.15, -0.1) is 0 Å². The summed E-state index contributed by atoms with van der Waals surface area (Å²) < 4.78 is 8.21. The van der Waals surface area contributed by atoms with Gasteiger partial charge in [-0.2, -0.15) is 9.97 Å². The third-order valence-electron chi connectivity index (χ3n) is 8.32. The number of aryl methyl sites for hydroxylation is 3. The lowest BCUT2D eigenvalue weighted by molar-refractivity contribution is -0.196. The minimum Gasteiger partial charge on any atom is -0.388 e. The molecule has 2 aliphatic heterocycles. The van der Waals surface area contributed by atoms with Gasteiger partial charge in [0.1, 0.15) is 11.3 Å². The number of aromatic nitrogens is 6. The molecule has 12 heteroatoms. The first-order valence-corrected chi connectivity index (χ1v) is 13.4. The Labute approximate surface area is 225 Å². The lowest BCUT2D eigenvalue weighted by Gasteiger charge is -2.51. The number of anilines is 2. The minimum atomic E-state index is -1.09. The van der Waals surface area contributed by atoms with Crippen molar-refractivity contribution in [1.82, 2.24) is 34.4 Å². The van der Waals surface area contributed by atoms with Crippen LogP contribution < -0.4 is 11.5 Å². The molecule has 12 nitrogen and oxygen atoms in total. The van der Waals surface area contributed by atoms with E-state index in [9.17, 15) is 9.90 Å². The van der Waals surface area contributed by atoms with E-state index in [4.69, 9.17) is 21.2 Å². The van der Waals surface area contributed by atoms with Crippen LogP contribution in [0.5, 0.6) is 0 Å². The van der Waals surface area contributed by atoms with Crippen molar-refractivity contribution in [3.8, 4) is 0 Å². The molecule has 39 heavy (non-hydrogen) atoms. The van der Waals surface area contributed by atoms with Crippen LogP contribution in [-0.4, -0.2) is 76.3 Å². The van der Waals surface area contributed by atoms with E-state index in [0.717, 1.165) is 22.4 Å². The van der Waals surface area contributed by atoms with E-state index in [1.165, 1.54) is 5.56 Å². The smallest absolute Gasteiger partial charge is 0.224 e. The van der Waals surface area contributed by atoms with E-state index in [-0.39, 0.29) is 24.3 Å². The Hall–Kier alpha value is -3.77. The summed E-state index contributed by atoms with van der Waals surface area (Å²) in [5.74, 6) is 1.20. The van der Waals surface area contributed by atoms with Gasteiger partial charge in [0, 0.05) is 32.4 Å². The van der Waals surface area contributed by atoms with Gasteiger partial charge in [0.25, 0.3) is 0 Å². The van der Waals surface area contributed by atoms with E-state index < -0.39 is 17.2 Å². The molecule has 0 bridgehead atoms. The van der Waals surface area contributed by atoms with Crippen molar-refractivity contribution in [3.63, 3.8) is 0 Å². The zero-order valence-electron chi connectivity index (χ0n) is 22.6. The molecule has 2 atom stereocenters. The minimum absolute atomic E-state index is 0.0529. The number of imidazole rings is 2. The number of carbonyl (C=O) groups excluding carboxylic acids is 1. The number of nitrogen functional groups attached to an aromatic ring is 2. The number of amides is 1. The number of H-pyrrole nitrogens is 1. The van der Waals surface area contributed by atoms with Crippen LogP contribution in [0.2, 0.25) is 0 Å². The van der Waals surface area contributed by atoms with E-state index in [2.05, 4.69) is 45.9 Å². The van der Waals surface area contributed by atoms with E-state index >= 15 is 0 Å². The zero-order chi connectivity index (χ0) is 27.5. The highest BCUT2D eigenvalue weighted by Gasteiger charge is 2.50. The summed E-state index contributed by atoms with van der Waals surface area (Å²) in [7, 11) is 0. The maximum Gasteiger partial charge on any atom is 0.224 e. The van der Waals surface area contributed by atoms with Crippen LogP contribution in [0.4, 0.5) is 11.8 Å². The molecule has 0 saturated carbocycles. The van der Waals surface area contributed by atoms with Crippen molar-refractivity contribution in [2.24, 2.45) is 0 Å². The average Bonchev–Trinajstić information content (AvgIpc) is 3.47. The van der Waals surface area contributed by atoms with Crippen molar-refractivity contribution < 1.29 is 14.6 Å². The van der Waals surface area contributed by atoms with Crippen molar-refractivity contribution >= 4 is 39.9 Å². The molecule has 2 aliphatic rings. The Morgan fingerprint density at radius 2 is 1.95 bits per heavy atom. The van der Waals surface area contributed by atoms with Gasteiger partial charge in [-0.25, -0.2) is 9.97 Å². The summed E-state index contributed by atoms with van der Waals surface area (Å²) in [6.45, 7) is 7.39. The fraction of sp³-hybridized carbons (Fsp3) is 0.519. The molecule has 0 aliphatic carbocycles. The molecule has 6 rings (SSSR count). The molecule has 5 heterocycles. The number of hydrogen-bond donors (Lipinski definition) is 4. The van der Waals surface area contributed by atoms with Crippen molar-refractivity contribution in [2.45, 2.75) is 70.1 Å². The Kier molecular flexibility index (Phi) is 5.99. The van der Waals surface area contributed by atoms with Gasteiger partial charge in [-0.05, 0) is 50.8 Å². The van der Waals surface area contributed by atoms with E-state index in [1.807, 2.05) is 11.8 Å². The largest absolute Gasteiger partial charge is 0.388 e. The molecule has 1 spiro atoms.